The first-order valence-corrected chi connectivity index (χ1v) is 4.55. The molecule has 2 aromatic rings. The van der Waals surface area contributed by atoms with Crippen molar-refractivity contribution in [1.82, 2.24) is 0 Å². The maximum absolute atomic E-state index is 12.8. The first-order valence-electron chi connectivity index (χ1n) is 3.74. The zero-order valence-electron chi connectivity index (χ0n) is 7.00. The summed E-state index contributed by atoms with van der Waals surface area (Å²) in [6.07, 6.45) is 0. The van der Waals surface area contributed by atoms with Crippen molar-refractivity contribution in [2.24, 2.45) is 0 Å². The van der Waals surface area contributed by atoms with Gasteiger partial charge in [-0.1, -0.05) is 11.3 Å². The van der Waals surface area contributed by atoms with Gasteiger partial charge in [0.25, 0.3) is 0 Å². The molecule has 0 saturated carbocycles. The lowest BCUT2D eigenvalue weighted by Crippen LogP contribution is -1.86. The number of ether oxygens (including phenoxy) is 1. The SMILES string of the molecule is COc1sc2cc(F)ccc2c1N. The van der Waals surface area contributed by atoms with Crippen LogP contribution < -0.4 is 10.5 Å². The van der Waals surface area contributed by atoms with Crippen molar-refractivity contribution in [3.05, 3.63) is 24.0 Å². The summed E-state index contributed by atoms with van der Waals surface area (Å²) in [5.74, 6) is -0.253. The van der Waals surface area contributed by atoms with Crippen LogP contribution in [0.5, 0.6) is 5.06 Å². The Balaban J connectivity index is 2.76. The Kier molecular flexibility index (Phi) is 1.84. The van der Waals surface area contributed by atoms with Crippen LogP contribution in [0.4, 0.5) is 10.1 Å². The van der Waals surface area contributed by atoms with E-state index in [-0.39, 0.29) is 5.82 Å². The van der Waals surface area contributed by atoms with Gasteiger partial charge in [0.05, 0.1) is 12.8 Å². The average Bonchev–Trinajstić information content (AvgIpc) is 2.42. The van der Waals surface area contributed by atoms with Crippen LogP contribution in [0.1, 0.15) is 0 Å². The Labute approximate surface area is 78.7 Å². The van der Waals surface area contributed by atoms with E-state index in [4.69, 9.17) is 10.5 Å². The minimum Gasteiger partial charge on any atom is -0.486 e. The zero-order valence-corrected chi connectivity index (χ0v) is 7.82. The number of nitrogen functional groups attached to an aromatic ring is 1. The highest BCUT2D eigenvalue weighted by molar-refractivity contribution is 7.21. The number of thiophene rings is 1. The maximum Gasteiger partial charge on any atom is 0.198 e. The van der Waals surface area contributed by atoms with E-state index in [0.717, 1.165) is 10.1 Å². The molecule has 2 rings (SSSR count). The fourth-order valence-electron chi connectivity index (χ4n) is 1.22. The summed E-state index contributed by atoms with van der Waals surface area (Å²) in [6.45, 7) is 0. The predicted octanol–water partition coefficient (Wildman–Crippen LogP) is 2.63. The van der Waals surface area contributed by atoms with E-state index in [0.29, 0.717) is 10.8 Å². The van der Waals surface area contributed by atoms with Crippen LogP contribution in [0, 0.1) is 5.82 Å². The lowest BCUT2D eigenvalue weighted by molar-refractivity contribution is 0.429. The number of hydrogen-bond acceptors (Lipinski definition) is 3. The summed E-state index contributed by atoms with van der Waals surface area (Å²) in [5, 5.41) is 1.49. The molecule has 1 aromatic carbocycles. The molecule has 2 N–H and O–H groups in total. The molecule has 0 aliphatic rings. The number of methoxy groups -OCH3 is 1. The Morgan fingerprint density at radius 2 is 2.23 bits per heavy atom. The van der Waals surface area contributed by atoms with Crippen molar-refractivity contribution >= 4 is 27.1 Å². The van der Waals surface area contributed by atoms with E-state index in [1.165, 1.54) is 23.5 Å². The Hall–Kier alpha value is -1.29. The fraction of sp³-hybridized carbons (Fsp3) is 0.111. The summed E-state index contributed by atoms with van der Waals surface area (Å²) < 4.78 is 18.7. The molecule has 2 nitrogen and oxygen atoms in total. The second-order valence-corrected chi connectivity index (χ2v) is 3.66. The molecule has 0 spiro atoms. The molecule has 4 heteroatoms. The number of rotatable bonds is 1. The van der Waals surface area contributed by atoms with E-state index in [2.05, 4.69) is 0 Å². The zero-order chi connectivity index (χ0) is 9.42. The monoisotopic (exact) mass is 197 g/mol. The van der Waals surface area contributed by atoms with Gasteiger partial charge in [-0.25, -0.2) is 4.39 Å². The van der Waals surface area contributed by atoms with Crippen LogP contribution in [-0.4, -0.2) is 7.11 Å². The highest BCUT2D eigenvalue weighted by atomic mass is 32.1. The molecule has 0 saturated heterocycles. The number of nitrogens with two attached hydrogens (primary N) is 1. The number of fused-ring (bicyclic) bond motifs is 1. The normalized spacial score (nSPS) is 10.6. The number of hydrogen-bond donors (Lipinski definition) is 1. The maximum atomic E-state index is 12.8. The van der Waals surface area contributed by atoms with E-state index in [1.54, 1.807) is 13.2 Å². The minimum atomic E-state index is -0.253. The second kappa shape index (κ2) is 2.88. The van der Waals surface area contributed by atoms with Gasteiger partial charge in [0, 0.05) is 10.1 Å². The van der Waals surface area contributed by atoms with Gasteiger partial charge in [-0.05, 0) is 18.2 Å². The van der Waals surface area contributed by atoms with Crippen molar-refractivity contribution in [3.63, 3.8) is 0 Å². The Morgan fingerprint density at radius 3 is 2.92 bits per heavy atom. The van der Waals surface area contributed by atoms with Gasteiger partial charge in [-0.2, -0.15) is 0 Å². The quantitative estimate of drug-likeness (QED) is 0.762. The molecule has 1 heterocycles. The van der Waals surface area contributed by atoms with Gasteiger partial charge in [-0.3, -0.25) is 0 Å². The molecule has 0 aliphatic carbocycles. The number of anilines is 1. The van der Waals surface area contributed by atoms with Crippen molar-refractivity contribution in [1.29, 1.82) is 0 Å². The van der Waals surface area contributed by atoms with Crippen molar-refractivity contribution in [3.8, 4) is 5.06 Å². The smallest absolute Gasteiger partial charge is 0.198 e. The largest absolute Gasteiger partial charge is 0.486 e. The van der Waals surface area contributed by atoms with E-state index in [1.807, 2.05) is 0 Å². The summed E-state index contributed by atoms with van der Waals surface area (Å²) in [5.41, 5.74) is 6.35. The Bertz CT molecular complexity index is 452. The van der Waals surface area contributed by atoms with Crippen molar-refractivity contribution in [2.45, 2.75) is 0 Å². The molecule has 1 aromatic heterocycles. The fourth-order valence-corrected chi connectivity index (χ4v) is 2.18. The topological polar surface area (TPSA) is 35.2 Å². The van der Waals surface area contributed by atoms with E-state index >= 15 is 0 Å². The third-order valence-electron chi connectivity index (χ3n) is 1.84. The summed E-state index contributed by atoms with van der Waals surface area (Å²) in [4.78, 5) is 0. The standard InChI is InChI=1S/C9H8FNOS/c1-12-9-8(11)6-3-2-5(10)4-7(6)13-9/h2-4H,11H2,1H3. The van der Waals surface area contributed by atoms with Crippen LogP contribution in [0.25, 0.3) is 10.1 Å². The molecular formula is C9H8FNOS. The first-order chi connectivity index (χ1) is 6.22. The van der Waals surface area contributed by atoms with Gasteiger partial charge < -0.3 is 10.5 Å². The third-order valence-corrected chi connectivity index (χ3v) is 2.97. The predicted molar refractivity (Wildman–Crippen MR) is 52.7 cm³/mol. The van der Waals surface area contributed by atoms with Crippen LogP contribution >= 0.6 is 11.3 Å². The molecule has 0 aliphatic heterocycles. The molecule has 0 fully saturated rings. The molecule has 0 bridgehead atoms. The average molecular weight is 197 g/mol. The number of halogens is 1. The second-order valence-electron chi connectivity index (χ2n) is 2.65. The van der Waals surface area contributed by atoms with Gasteiger partial charge in [0.2, 0.25) is 0 Å². The van der Waals surface area contributed by atoms with Gasteiger partial charge in [0.1, 0.15) is 5.82 Å². The molecule has 0 amide bonds. The van der Waals surface area contributed by atoms with Crippen molar-refractivity contribution < 1.29 is 9.13 Å². The highest BCUT2D eigenvalue weighted by Gasteiger charge is 2.09. The van der Waals surface area contributed by atoms with E-state index in [9.17, 15) is 4.39 Å². The van der Waals surface area contributed by atoms with Gasteiger partial charge in [0.15, 0.2) is 5.06 Å². The first kappa shape index (κ1) is 8.31. The Morgan fingerprint density at radius 1 is 1.46 bits per heavy atom. The van der Waals surface area contributed by atoms with Crippen LogP contribution in [-0.2, 0) is 0 Å². The summed E-state index contributed by atoms with van der Waals surface area (Å²) >= 11 is 1.35. The lowest BCUT2D eigenvalue weighted by atomic mass is 10.2. The molecule has 68 valence electrons. The molecule has 0 atom stereocenters. The van der Waals surface area contributed by atoms with E-state index < -0.39 is 0 Å². The van der Waals surface area contributed by atoms with Crippen LogP contribution in [0.3, 0.4) is 0 Å². The molecular weight excluding hydrogens is 189 g/mol. The highest BCUT2D eigenvalue weighted by Crippen LogP contribution is 2.39. The van der Waals surface area contributed by atoms with Crippen LogP contribution in [0.2, 0.25) is 0 Å². The summed E-state index contributed by atoms with van der Waals surface area (Å²) in [6, 6.07) is 4.52. The van der Waals surface area contributed by atoms with Gasteiger partial charge in [-0.15, -0.1) is 0 Å². The van der Waals surface area contributed by atoms with Crippen LogP contribution in [0.15, 0.2) is 18.2 Å². The molecule has 0 radical (unpaired) electrons. The van der Waals surface area contributed by atoms with Gasteiger partial charge >= 0.3 is 0 Å². The van der Waals surface area contributed by atoms with Crippen molar-refractivity contribution in [2.75, 3.05) is 12.8 Å². The molecule has 0 unspecified atom stereocenters. The molecule has 13 heavy (non-hydrogen) atoms. The lowest BCUT2D eigenvalue weighted by Gasteiger charge is -1.94. The minimum absolute atomic E-state index is 0.253. The third kappa shape index (κ3) is 1.23. The number of benzene rings is 1. The summed E-state index contributed by atoms with van der Waals surface area (Å²) in [7, 11) is 1.55.